The molecule has 2 amide bonds. The molecular weight excluding hydrogens is 502 g/mol. The molecule has 2 saturated carbocycles. The first-order valence-electron chi connectivity index (χ1n) is 13.1. The van der Waals surface area contributed by atoms with Gasteiger partial charge >= 0.3 is 0 Å². The Morgan fingerprint density at radius 2 is 1.82 bits per heavy atom. The number of hydrogen-bond acceptors (Lipinski definition) is 4. The van der Waals surface area contributed by atoms with Gasteiger partial charge in [-0.1, -0.05) is 12.1 Å². The normalized spacial score (nSPS) is 19.6. The van der Waals surface area contributed by atoms with Crippen molar-refractivity contribution in [3.63, 3.8) is 0 Å². The van der Waals surface area contributed by atoms with Gasteiger partial charge in [0.2, 0.25) is 0 Å². The largest absolute Gasteiger partial charge is 0.455 e. The van der Waals surface area contributed by atoms with Gasteiger partial charge in [0, 0.05) is 36.9 Å². The van der Waals surface area contributed by atoms with Crippen molar-refractivity contribution in [3.8, 4) is 22.5 Å². The highest BCUT2D eigenvalue weighted by Gasteiger charge is 2.47. The highest BCUT2D eigenvalue weighted by atomic mass is 19.1. The summed E-state index contributed by atoms with van der Waals surface area (Å²) in [5.74, 6) is -0.389. The molecule has 0 saturated heterocycles. The third-order valence-electron chi connectivity index (χ3n) is 8.14. The van der Waals surface area contributed by atoms with E-state index in [4.69, 9.17) is 9.15 Å². The van der Waals surface area contributed by atoms with Crippen LogP contribution in [0.2, 0.25) is 0 Å². The van der Waals surface area contributed by atoms with E-state index >= 15 is 4.39 Å². The van der Waals surface area contributed by atoms with Crippen molar-refractivity contribution in [2.24, 2.45) is 11.8 Å². The molecule has 0 aliphatic heterocycles. The lowest BCUT2D eigenvalue weighted by atomic mass is 9.56. The van der Waals surface area contributed by atoms with Crippen LogP contribution in [0.5, 0.6) is 0 Å². The Morgan fingerprint density at radius 3 is 2.46 bits per heavy atom. The smallest absolute Gasteiger partial charge is 0.255 e. The minimum Gasteiger partial charge on any atom is -0.455 e. The quantitative estimate of drug-likeness (QED) is 0.304. The number of fused-ring (bicyclic) bond motifs is 2. The predicted molar refractivity (Wildman–Crippen MR) is 143 cm³/mol. The molecule has 2 N–H and O–H groups in total. The SMILES string of the molecule is CNC(=O)c1c(-c2ccc(F)cc2)oc2cc(COC)c(-c3cccc(C(=O)NC4CC5CCC54)c3)c(F)c12. The summed E-state index contributed by atoms with van der Waals surface area (Å²) in [5, 5.41) is 5.69. The summed E-state index contributed by atoms with van der Waals surface area (Å²) in [7, 11) is 2.95. The van der Waals surface area contributed by atoms with E-state index in [0.29, 0.717) is 28.2 Å². The van der Waals surface area contributed by atoms with Crippen molar-refractivity contribution < 1.29 is 27.5 Å². The van der Waals surface area contributed by atoms with Gasteiger partial charge in [0.05, 0.1) is 17.6 Å². The van der Waals surface area contributed by atoms with Crippen LogP contribution in [0.3, 0.4) is 0 Å². The molecular formula is C31H28F2N2O4. The van der Waals surface area contributed by atoms with Crippen molar-refractivity contribution in [1.82, 2.24) is 10.6 Å². The highest BCUT2D eigenvalue weighted by Crippen LogP contribution is 2.50. The lowest BCUT2D eigenvalue weighted by molar-refractivity contribution is 0.00665. The molecule has 2 aliphatic rings. The molecule has 2 fully saturated rings. The van der Waals surface area contributed by atoms with Crippen molar-refractivity contribution in [3.05, 3.63) is 82.9 Å². The Bertz CT molecular complexity index is 1590. The van der Waals surface area contributed by atoms with Gasteiger partial charge in [0.15, 0.2) is 0 Å². The Labute approximate surface area is 224 Å². The van der Waals surface area contributed by atoms with E-state index in [1.807, 2.05) is 0 Å². The fraction of sp³-hybridized carbons (Fsp3) is 0.290. The third kappa shape index (κ3) is 4.29. The van der Waals surface area contributed by atoms with E-state index in [0.717, 1.165) is 18.8 Å². The number of ether oxygens (including phenoxy) is 1. The van der Waals surface area contributed by atoms with Gasteiger partial charge < -0.3 is 19.8 Å². The number of methoxy groups -OCH3 is 1. The molecule has 200 valence electrons. The maximum absolute atomic E-state index is 16.5. The topological polar surface area (TPSA) is 80.6 Å². The minimum atomic E-state index is -0.663. The van der Waals surface area contributed by atoms with Gasteiger partial charge in [-0.25, -0.2) is 8.78 Å². The van der Waals surface area contributed by atoms with Gasteiger partial charge in [-0.2, -0.15) is 0 Å². The fourth-order valence-corrected chi connectivity index (χ4v) is 5.95. The minimum absolute atomic E-state index is 0.00359. The zero-order chi connectivity index (χ0) is 27.3. The van der Waals surface area contributed by atoms with Crippen LogP contribution in [0.25, 0.3) is 33.4 Å². The average molecular weight is 531 g/mol. The fourth-order valence-electron chi connectivity index (χ4n) is 5.95. The molecule has 0 spiro atoms. The third-order valence-corrected chi connectivity index (χ3v) is 8.14. The van der Waals surface area contributed by atoms with Gasteiger partial charge in [-0.3, -0.25) is 9.59 Å². The number of carbonyl (C=O) groups is 2. The molecule has 4 aromatic rings. The molecule has 0 bridgehead atoms. The lowest BCUT2D eigenvalue weighted by Gasteiger charge is -2.53. The first-order chi connectivity index (χ1) is 18.9. The van der Waals surface area contributed by atoms with Gasteiger partial charge in [0.25, 0.3) is 11.8 Å². The van der Waals surface area contributed by atoms with Gasteiger partial charge in [-0.15, -0.1) is 0 Å². The molecule has 8 heteroatoms. The van der Waals surface area contributed by atoms with Crippen LogP contribution in [0.4, 0.5) is 8.78 Å². The molecule has 3 atom stereocenters. The van der Waals surface area contributed by atoms with Crippen molar-refractivity contribution in [2.75, 3.05) is 14.2 Å². The van der Waals surface area contributed by atoms with Crippen molar-refractivity contribution >= 4 is 22.8 Å². The monoisotopic (exact) mass is 530 g/mol. The van der Waals surface area contributed by atoms with Crippen LogP contribution < -0.4 is 10.6 Å². The van der Waals surface area contributed by atoms with E-state index in [1.165, 1.54) is 44.8 Å². The standard InChI is InChI=1S/C31H28F2N2O4/c1-34-31(37)27-26-24(39-29(27)16-6-9-21(32)10-7-16)14-20(15-38-2)25(28(26)33)18-4-3-5-19(12-18)30(36)35-23-13-17-8-11-22(17)23/h3-7,9-10,12,14,17,22-23H,8,11,13,15H2,1-2H3,(H,34,37)(H,35,36). The Kier molecular flexibility index (Phi) is 6.43. The summed E-state index contributed by atoms with van der Waals surface area (Å²) in [6, 6.07) is 14.1. The predicted octanol–water partition coefficient (Wildman–Crippen LogP) is 6.08. The summed E-state index contributed by atoms with van der Waals surface area (Å²) in [5.41, 5.74) is 2.24. The summed E-state index contributed by atoms with van der Waals surface area (Å²) in [6.07, 6.45) is 3.41. The second-order valence-electron chi connectivity index (χ2n) is 10.3. The molecule has 3 aromatic carbocycles. The number of carbonyl (C=O) groups excluding carboxylic acids is 2. The van der Waals surface area contributed by atoms with Gasteiger partial charge in [0.1, 0.15) is 23.0 Å². The van der Waals surface area contributed by atoms with Crippen LogP contribution in [0, 0.1) is 23.5 Å². The van der Waals surface area contributed by atoms with Gasteiger partial charge in [-0.05, 0) is 84.7 Å². The highest BCUT2D eigenvalue weighted by molar-refractivity contribution is 6.12. The number of amides is 2. The van der Waals surface area contributed by atoms with Crippen LogP contribution in [-0.2, 0) is 11.3 Å². The Hall–Kier alpha value is -4.04. The van der Waals surface area contributed by atoms with E-state index in [9.17, 15) is 14.0 Å². The van der Waals surface area contributed by atoms with E-state index in [2.05, 4.69) is 10.6 Å². The maximum atomic E-state index is 16.5. The van der Waals surface area contributed by atoms with Crippen LogP contribution >= 0.6 is 0 Å². The Morgan fingerprint density at radius 1 is 1.03 bits per heavy atom. The summed E-state index contributed by atoms with van der Waals surface area (Å²) >= 11 is 0. The summed E-state index contributed by atoms with van der Waals surface area (Å²) < 4.78 is 41.5. The molecule has 0 radical (unpaired) electrons. The van der Waals surface area contributed by atoms with Crippen LogP contribution in [0.15, 0.2) is 59.0 Å². The second kappa shape index (κ2) is 9.93. The first kappa shape index (κ1) is 25.2. The zero-order valence-electron chi connectivity index (χ0n) is 21.6. The molecule has 1 heterocycles. The van der Waals surface area contributed by atoms with Crippen molar-refractivity contribution in [2.45, 2.75) is 31.9 Å². The number of nitrogens with one attached hydrogen (secondary N) is 2. The van der Waals surface area contributed by atoms with E-state index in [1.54, 1.807) is 30.3 Å². The van der Waals surface area contributed by atoms with Crippen LogP contribution in [-0.4, -0.2) is 32.0 Å². The number of hydrogen-bond donors (Lipinski definition) is 2. The number of benzene rings is 3. The van der Waals surface area contributed by atoms with Crippen molar-refractivity contribution in [1.29, 1.82) is 0 Å². The van der Waals surface area contributed by atoms with Crippen LogP contribution in [0.1, 0.15) is 45.5 Å². The zero-order valence-corrected chi connectivity index (χ0v) is 21.6. The maximum Gasteiger partial charge on any atom is 0.255 e. The molecule has 6 rings (SSSR count). The number of rotatable bonds is 7. The Balaban J connectivity index is 1.47. The summed E-state index contributed by atoms with van der Waals surface area (Å²) in [4.78, 5) is 26.1. The van der Waals surface area contributed by atoms with E-state index in [-0.39, 0.29) is 46.4 Å². The molecule has 6 nitrogen and oxygen atoms in total. The summed E-state index contributed by atoms with van der Waals surface area (Å²) in [6.45, 7) is 0.0750. The molecule has 2 aliphatic carbocycles. The average Bonchev–Trinajstić information content (AvgIpc) is 3.31. The lowest BCUT2D eigenvalue weighted by Crippen LogP contribution is -2.57. The first-order valence-corrected chi connectivity index (χ1v) is 13.1. The second-order valence-corrected chi connectivity index (χ2v) is 10.3. The molecule has 3 unspecified atom stereocenters. The van der Waals surface area contributed by atoms with E-state index < -0.39 is 17.5 Å². The molecule has 1 aromatic heterocycles. The number of furan rings is 1. The number of halogens is 2. The molecule has 39 heavy (non-hydrogen) atoms.